The molecule has 3 aromatic carbocycles. The molecule has 3 aromatic rings. The smallest absolute Gasteiger partial charge is 0.335 e. The Balaban J connectivity index is 1.80. The first-order valence-electron chi connectivity index (χ1n) is 8.36. The number of hydrogen-bond acceptors (Lipinski definition) is 2. The van der Waals surface area contributed by atoms with Gasteiger partial charge in [-0.05, 0) is 29.3 Å². The van der Waals surface area contributed by atoms with Gasteiger partial charge in [0, 0.05) is 18.0 Å². The van der Waals surface area contributed by atoms with E-state index in [2.05, 4.69) is 5.32 Å². The van der Waals surface area contributed by atoms with Crippen molar-refractivity contribution in [2.45, 2.75) is 12.3 Å². The van der Waals surface area contributed by atoms with Crippen molar-refractivity contribution in [2.24, 2.45) is 0 Å². The summed E-state index contributed by atoms with van der Waals surface area (Å²) in [5, 5.41) is 11.9. The fourth-order valence-electron chi connectivity index (χ4n) is 2.93. The Morgan fingerprint density at radius 2 is 1.38 bits per heavy atom. The van der Waals surface area contributed by atoms with E-state index in [9.17, 15) is 9.59 Å². The number of carboxylic acid groups (broad SMARTS) is 1. The predicted octanol–water partition coefficient (Wildman–Crippen LogP) is 4.55. The number of benzene rings is 3. The summed E-state index contributed by atoms with van der Waals surface area (Å²) in [6, 6.07) is 26.0. The summed E-state index contributed by atoms with van der Waals surface area (Å²) in [4.78, 5) is 23.7. The van der Waals surface area contributed by atoms with Gasteiger partial charge in [-0.3, -0.25) is 4.79 Å². The van der Waals surface area contributed by atoms with Gasteiger partial charge < -0.3 is 10.4 Å². The van der Waals surface area contributed by atoms with Crippen molar-refractivity contribution in [3.8, 4) is 0 Å². The van der Waals surface area contributed by atoms with E-state index < -0.39 is 5.97 Å². The van der Waals surface area contributed by atoms with E-state index in [1.807, 2.05) is 60.7 Å². The number of amides is 1. The van der Waals surface area contributed by atoms with E-state index in [4.69, 9.17) is 5.11 Å². The van der Waals surface area contributed by atoms with Gasteiger partial charge in [0.15, 0.2) is 0 Å². The zero-order valence-electron chi connectivity index (χ0n) is 14.1. The fraction of sp³-hybridized carbons (Fsp3) is 0.0909. The second-order valence-corrected chi connectivity index (χ2v) is 6.01. The molecule has 0 unspecified atom stereocenters. The Bertz CT molecular complexity index is 852. The van der Waals surface area contributed by atoms with Gasteiger partial charge >= 0.3 is 5.97 Å². The van der Waals surface area contributed by atoms with Crippen LogP contribution < -0.4 is 5.32 Å². The Kier molecular flexibility index (Phi) is 5.44. The fourth-order valence-corrected chi connectivity index (χ4v) is 2.93. The lowest BCUT2D eigenvalue weighted by Crippen LogP contribution is -2.16. The van der Waals surface area contributed by atoms with E-state index in [1.165, 1.54) is 12.1 Å². The number of anilines is 1. The molecule has 0 saturated carbocycles. The summed E-state index contributed by atoms with van der Waals surface area (Å²) in [5.41, 5.74) is 2.75. The maximum absolute atomic E-state index is 12.6. The molecule has 0 atom stereocenters. The topological polar surface area (TPSA) is 66.4 Å². The molecule has 0 aliphatic heterocycles. The lowest BCUT2D eigenvalue weighted by molar-refractivity contribution is -0.116. The normalized spacial score (nSPS) is 10.5. The first-order valence-corrected chi connectivity index (χ1v) is 8.36. The molecule has 0 bridgehead atoms. The first kappa shape index (κ1) is 17.4. The van der Waals surface area contributed by atoms with Crippen LogP contribution in [0.1, 0.15) is 33.8 Å². The van der Waals surface area contributed by atoms with Crippen molar-refractivity contribution >= 4 is 17.6 Å². The molecule has 4 heteroatoms. The number of hydrogen-bond donors (Lipinski definition) is 2. The van der Waals surface area contributed by atoms with Crippen molar-refractivity contribution in [3.63, 3.8) is 0 Å². The number of rotatable bonds is 6. The Morgan fingerprint density at radius 3 is 1.92 bits per heavy atom. The summed E-state index contributed by atoms with van der Waals surface area (Å²) >= 11 is 0. The van der Waals surface area contributed by atoms with Crippen molar-refractivity contribution in [1.29, 1.82) is 0 Å². The molecule has 0 aliphatic carbocycles. The predicted molar refractivity (Wildman–Crippen MR) is 101 cm³/mol. The third kappa shape index (κ3) is 4.36. The van der Waals surface area contributed by atoms with Crippen LogP contribution in [-0.2, 0) is 4.79 Å². The number of carbonyl (C=O) groups excluding carboxylic acids is 1. The molecule has 0 saturated heterocycles. The highest BCUT2D eigenvalue weighted by molar-refractivity contribution is 5.94. The minimum atomic E-state index is -1.02. The van der Waals surface area contributed by atoms with Crippen LogP contribution in [0.5, 0.6) is 0 Å². The molecule has 0 radical (unpaired) electrons. The van der Waals surface area contributed by atoms with Gasteiger partial charge in [-0.15, -0.1) is 0 Å². The SMILES string of the molecule is O=C(CC(c1ccccc1)c1ccccc1)Nc1cccc(C(=O)O)c1. The molecular weight excluding hydrogens is 326 g/mol. The van der Waals surface area contributed by atoms with Crippen LogP contribution in [-0.4, -0.2) is 17.0 Å². The number of aromatic carboxylic acids is 1. The van der Waals surface area contributed by atoms with Gasteiger partial charge in [0.25, 0.3) is 0 Å². The van der Waals surface area contributed by atoms with Gasteiger partial charge in [-0.2, -0.15) is 0 Å². The Morgan fingerprint density at radius 1 is 0.808 bits per heavy atom. The Labute approximate surface area is 152 Å². The van der Waals surface area contributed by atoms with Crippen LogP contribution in [0.3, 0.4) is 0 Å². The van der Waals surface area contributed by atoms with E-state index in [0.29, 0.717) is 5.69 Å². The number of nitrogens with one attached hydrogen (secondary N) is 1. The zero-order valence-corrected chi connectivity index (χ0v) is 14.1. The average Bonchev–Trinajstić information content (AvgIpc) is 2.67. The molecule has 26 heavy (non-hydrogen) atoms. The summed E-state index contributed by atoms with van der Waals surface area (Å²) in [6.07, 6.45) is 0.269. The van der Waals surface area contributed by atoms with Crippen molar-refractivity contribution in [3.05, 3.63) is 102 Å². The van der Waals surface area contributed by atoms with Crippen LogP contribution in [0.25, 0.3) is 0 Å². The number of carboxylic acids is 1. The molecule has 0 spiro atoms. The standard InChI is InChI=1S/C22H19NO3/c24-21(23-19-13-7-12-18(14-19)22(25)26)15-20(16-8-3-1-4-9-16)17-10-5-2-6-11-17/h1-14,20H,15H2,(H,23,24)(H,25,26). The van der Waals surface area contributed by atoms with Gasteiger partial charge in [-0.25, -0.2) is 4.79 Å². The summed E-state index contributed by atoms with van der Waals surface area (Å²) in [6.45, 7) is 0. The highest BCUT2D eigenvalue weighted by Crippen LogP contribution is 2.28. The van der Waals surface area contributed by atoms with Gasteiger partial charge in [-0.1, -0.05) is 66.7 Å². The Hall–Kier alpha value is -3.40. The quantitative estimate of drug-likeness (QED) is 0.689. The zero-order chi connectivity index (χ0) is 18.4. The third-order valence-electron chi connectivity index (χ3n) is 4.19. The van der Waals surface area contributed by atoms with Gasteiger partial charge in [0.2, 0.25) is 5.91 Å². The monoisotopic (exact) mass is 345 g/mol. The first-order chi connectivity index (χ1) is 12.6. The lowest BCUT2D eigenvalue weighted by atomic mass is 9.88. The highest BCUT2D eigenvalue weighted by Gasteiger charge is 2.18. The average molecular weight is 345 g/mol. The third-order valence-corrected chi connectivity index (χ3v) is 4.19. The summed E-state index contributed by atoms with van der Waals surface area (Å²) in [5.74, 6) is -1.25. The van der Waals surface area contributed by atoms with E-state index >= 15 is 0 Å². The molecule has 130 valence electrons. The van der Waals surface area contributed by atoms with E-state index in [-0.39, 0.29) is 23.8 Å². The van der Waals surface area contributed by atoms with Crippen molar-refractivity contribution in [1.82, 2.24) is 0 Å². The van der Waals surface area contributed by atoms with Crippen LogP contribution in [0, 0.1) is 0 Å². The van der Waals surface area contributed by atoms with Crippen molar-refractivity contribution < 1.29 is 14.7 Å². The molecule has 3 rings (SSSR count). The second kappa shape index (κ2) is 8.12. The summed E-state index contributed by atoms with van der Waals surface area (Å²) in [7, 11) is 0. The summed E-state index contributed by atoms with van der Waals surface area (Å²) < 4.78 is 0. The largest absolute Gasteiger partial charge is 0.478 e. The highest BCUT2D eigenvalue weighted by atomic mass is 16.4. The molecule has 0 aromatic heterocycles. The van der Waals surface area contributed by atoms with Crippen LogP contribution in [0.15, 0.2) is 84.9 Å². The van der Waals surface area contributed by atoms with E-state index in [0.717, 1.165) is 11.1 Å². The van der Waals surface area contributed by atoms with E-state index in [1.54, 1.807) is 12.1 Å². The lowest BCUT2D eigenvalue weighted by Gasteiger charge is -2.18. The minimum absolute atomic E-state index is 0.0694. The molecule has 0 heterocycles. The molecular formula is C22H19NO3. The van der Waals surface area contributed by atoms with Gasteiger partial charge in [0.05, 0.1) is 5.56 Å². The van der Waals surface area contributed by atoms with Crippen LogP contribution in [0.2, 0.25) is 0 Å². The van der Waals surface area contributed by atoms with Gasteiger partial charge in [0.1, 0.15) is 0 Å². The van der Waals surface area contributed by atoms with Crippen LogP contribution in [0.4, 0.5) is 5.69 Å². The molecule has 1 amide bonds. The molecule has 0 aliphatic rings. The molecule has 0 fully saturated rings. The molecule has 4 nitrogen and oxygen atoms in total. The molecule has 2 N–H and O–H groups in total. The minimum Gasteiger partial charge on any atom is -0.478 e. The van der Waals surface area contributed by atoms with Crippen molar-refractivity contribution in [2.75, 3.05) is 5.32 Å². The second-order valence-electron chi connectivity index (χ2n) is 6.01. The maximum atomic E-state index is 12.6. The maximum Gasteiger partial charge on any atom is 0.335 e. The van der Waals surface area contributed by atoms with Crippen LogP contribution >= 0.6 is 0 Å². The number of carbonyl (C=O) groups is 2.